The Bertz CT molecular complexity index is 479. The molecule has 0 spiro atoms. The monoisotopic (exact) mass is 277 g/mol. The lowest BCUT2D eigenvalue weighted by molar-refractivity contribution is 0.0689. The summed E-state index contributed by atoms with van der Waals surface area (Å²) in [6.45, 7) is 6.58. The van der Waals surface area contributed by atoms with Gasteiger partial charge in [0.25, 0.3) is 5.91 Å². The van der Waals surface area contributed by atoms with E-state index in [4.69, 9.17) is 9.47 Å². The van der Waals surface area contributed by atoms with Crippen molar-refractivity contribution in [3.05, 3.63) is 23.8 Å². The summed E-state index contributed by atoms with van der Waals surface area (Å²) in [6, 6.07) is 6.00. The number of benzene rings is 1. The van der Waals surface area contributed by atoms with E-state index >= 15 is 0 Å². The topological polar surface area (TPSA) is 38.8 Å². The smallest absolute Gasteiger partial charge is 0.254 e. The molecular formula is C16H23NO3. The summed E-state index contributed by atoms with van der Waals surface area (Å²) in [6.07, 6.45) is 2.22. The highest BCUT2D eigenvalue weighted by Crippen LogP contribution is 2.32. The van der Waals surface area contributed by atoms with Crippen molar-refractivity contribution in [2.45, 2.75) is 45.7 Å². The van der Waals surface area contributed by atoms with Crippen molar-refractivity contribution in [2.24, 2.45) is 0 Å². The molecule has 0 N–H and O–H groups in total. The first kappa shape index (κ1) is 14.7. The van der Waals surface area contributed by atoms with Gasteiger partial charge in [-0.2, -0.15) is 0 Å². The molecule has 2 rings (SSSR count). The number of hydrogen-bond acceptors (Lipinski definition) is 3. The van der Waals surface area contributed by atoms with Crippen molar-refractivity contribution in [1.29, 1.82) is 0 Å². The fourth-order valence-electron chi connectivity index (χ4n) is 2.40. The number of hydrogen-bond donors (Lipinski definition) is 0. The van der Waals surface area contributed by atoms with Gasteiger partial charge in [-0.15, -0.1) is 0 Å². The molecule has 4 heteroatoms. The molecule has 0 radical (unpaired) electrons. The molecule has 0 unspecified atom stereocenters. The Morgan fingerprint density at radius 2 is 2.05 bits per heavy atom. The highest BCUT2D eigenvalue weighted by atomic mass is 16.5. The maximum absolute atomic E-state index is 12.7. The van der Waals surface area contributed by atoms with Gasteiger partial charge in [0.15, 0.2) is 11.5 Å². The lowest BCUT2D eigenvalue weighted by Gasteiger charge is -2.27. The van der Waals surface area contributed by atoms with E-state index in [0.29, 0.717) is 29.7 Å². The highest BCUT2D eigenvalue weighted by Gasteiger charge is 2.34. The van der Waals surface area contributed by atoms with E-state index < -0.39 is 0 Å². The Morgan fingerprint density at radius 1 is 1.35 bits per heavy atom. The van der Waals surface area contributed by atoms with Crippen LogP contribution in [0, 0.1) is 0 Å². The van der Waals surface area contributed by atoms with Crippen LogP contribution in [-0.4, -0.2) is 36.6 Å². The molecule has 0 heterocycles. The molecule has 1 fully saturated rings. The highest BCUT2D eigenvalue weighted by molar-refractivity contribution is 5.95. The van der Waals surface area contributed by atoms with Gasteiger partial charge in [-0.1, -0.05) is 0 Å². The zero-order chi connectivity index (χ0) is 14.7. The van der Waals surface area contributed by atoms with Gasteiger partial charge in [0.2, 0.25) is 0 Å². The maximum Gasteiger partial charge on any atom is 0.254 e. The molecule has 1 aliphatic carbocycles. The normalized spacial score (nSPS) is 14.2. The minimum absolute atomic E-state index is 0.0751. The maximum atomic E-state index is 12.7. The van der Waals surface area contributed by atoms with Crippen molar-refractivity contribution >= 4 is 5.91 Å². The van der Waals surface area contributed by atoms with Crippen molar-refractivity contribution in [3.8, 4) is 11.5 Å². The van der Waals surface area contributed by atoms with Crippen LogP contribution in [0.25, 0.3) is 0 Å². The van der Waals surface area contributed by atoms with Crippen molar-refractivity contribution in [1.82, 2.24) is 4.90 Å². The van der Waals surface area contributed by atoms with Gasteiger partial charge >= 0.3 is 0 Å². The Hall–Kier alpha value is -1.71. The zero-order valence-corrected chi connectivity index (χ0v) is 12.7. The molecule has 1 aromatic carbocycles. The van der Waals surface area contributed by atoms with Crippen LogP contribution >= 0.6 is 0 Å². The molecule has 1 saturated carbocycles. The van der Waals surface area contributed by atoms with Crippen LogP contribution in [0.15, 0.2) is 18.2 Å². The van der Waals surface area contributed by atoms with E-state index in [1.54, 1.807) is 25.3 Å². The van der Waals surface area contributed by atoms with Gasteiger partial charge in [-0.25, -0.2) is 0 Å². The third-order valence-electron chi connectivity index (χ3n) is 3.44. The Balaban J connectivity index is 2.26. The number of nitrogens with zero attached hydrogens (tertiary/aromatic N) is 1. The van der Waals surface area contributed by atoms with E-state index in [2.05, 4.69) is 13.8 Å². The molecule has 1 aromatic rings. The molecule has 110 valence electrons. The molecule has 1 amide bonds. The number of carbonyl (C=O) groups is 1. The summed E-state index contributed by atoms with van der Waals surface area (Å²) in [5, 5.41) is 0. The number of amides is 1. The number of ether oxygens (including phenoxy) is 2. The van der Waals surface area contributed by atoms with Crippen LogP contribution < -0.4 is 9.47 Å². The van der Waals surface area contributed by atoms with Crippen LogP contribution in [0.1, 0.15) is 44.0 Å². The second-order valence-electron chi connectivity index (χ2n) is 5.34. The van der Waals surface area contributed by atoms with E-state index in [1.165, 1.54) is 0 Å². The molecule has 4 nitrogen and oxygen atoms in total. The lowest BCUT2D eigenvalue weighted by atomic mass is 10.1. The first-order valence-electron chi connectivity index (χ1n) is 7.22. The van der Waals surface area contributed by atoms with Gasteiger partial charge in [-0.3, -0.25) is 4.79 Å². The lowest BCUT2D eigenvalue weighted by Crippen LogP contribution is -2.38. The molecule has 0 aliphatic heterocycles. The minimum Gasteiger partial charge on any atom is -0.493 e. The molecule has 1 aliphatic rings. The Labute approximate surface area is 120 Å². The van der Waals surface area contributed by atoms with E-state index in [-0.39, 0.29) is 11.9 Å². The molecule has 0 aromatic heterocycles. The molecular weight excluding hydrogens is 254 g/mol. The average Bonchev–Trinajstić information content (AvgIpc) is 3.23. The van der Waals surface area contributed by atoms with Gasteiger partial charge in [0.05, 0.1) is 13.7 Å². The second-order valence-corrected chi connectivity index (χ2v) is 5.34. The van der Waals surface area contributed by atoms with Gasteiger partial charge in [0.1, 0.15) is 0 Å². The quantitative estimate of drug-likeness (QED) is 0.802. The van der Waals surface area contributed by atoms with Gasteiger partial charge < -0.3 is 14.4 Å². The summed E-state index contributed by atoms with van der Waals surface area (Å²) < 4.78 is 10.8. The van der Waals surface area contributed by atoms with Gasteiger partial charge in [-0.05, 0) is 51.8 Å². The minimum atomic E-state index is 0.0751. The second kappa shape index (κ2) is 6.16. The fourth-order valence-corrected chi connectivity index (χ4v) is 2.40. The van der Waals surface area contributed by atoms with Crippen LogP contribution in [0.5, 0.6) is 11.5 Å². The Morgan fingerprint density at radius 3 is 2.55 bits per heavy atom. The van der Waals surface area contributed by atoms with Crippen LogP contribution in [0.2, 0.25) is 0 Å². The van der Waals surface area contributed by atoms with Crippen molar-refractivity contribution in [3.63, 3.8) is 0 Å². The van der Waals surface area contributed by atoms with Crippen LogP contribution in [0.4, 0.5) is 0 Å². The summed E-state index contributed by atoms with van der Waals surface area (Å²) in [5.74, 6) is 1.36. The zero-order valence-electron chi connectivity index (χ0n) is 12.7. The fraction of sp³-hybridized carbons (Fsp3) is 0.562. The van der Waals surface area contributed by atoms with E-state index in [0.717, 1.165) is 12.8 Å². The summed E-state index contributed by atoms with van der Waals surface area (Å²) in [5.41, 5.74) is 0.662. The first-order chi connectivity index (χ1) is 9.58. The van der Waals surface area contributed by atoms with Gasteiger partial charge in [0, 0.05) is 17.6 Å². The molecule has 20 heavy (non-hydrogen) atoms. The number of carbonyl (C=O) groups excluding carboxylic acids is 1. The Kier molecular flexibility index (Phi) is 4.53. The number of rotatable bonds is 6. The summed E-state index contributed by atoms with van der Waals surface area (Å²) in [4.78, 5) is 14.6. The van der Waals surface area contributed by atoms with E-state index in [1.807, 2.05) is 11.8 Å². The van der Waals surface area contributed by atoms with E-state index in [9.17, 15) is 4.79 Å². The third-order valence-corrected chi connectivity index (χ3v) is 3.44. The third kappa shape index (κ3) is 3.06. The average molecular weight is 277 g/mol. The first-order valence-corrected chi connectivity index (χ1v) is 7.22. The largest absolute Gasteiger partial charge is 0.493 e. The predicted octanol–water partition coefficient (Wildman–Crippen LogP) is 3.11. The molecule has 0 bridgehead atoms. The van der Waals surface area contributed by atoms with Crippen LogP contribution in [-0.2, 0) is 0 Å². The molecule has 0 atom stereocenters. The summed E-state index contributed by atoms with van der Waals surface area (Å²) in [7, 11) is 1.60. The standard InChI is InChI=1S/C16H23NO3/c1-5-20-15-10-12(6-9-14(15)19-4)16(18)17(11(2)3)13-7-8-13/h6,9-11,13H,5,7-8H2,1-4H3. The van der Waals surface area contributed by atoms with Crippen LogP contribution in [0.3, 0.4) is 0 Å². The van der Waals surface area contributed by atoms with Crippen molar-refractivity contribution < 1.29 is 14.3 Å². The SMILES string of the molecule is CCOc1cc(C(=O)N(C(C)C)C2CC2)ccc1OC. The summed E-state index contributed by atoms with van der Waals surface area (Å²) >= 11 is 0. The van der Waals surface area contributed by atoms with Crippen molar-refractivity contribution in [2.75, 3.05) is 13.7 Å². The number of methoxy groups -OCH3 is 1. The molecule has 0 saturated heterocycles. The predicted molar refractivity (Wildman–Crippen MR) is 78.5 cm³/mol.